The Labute approximate surface area is 159 Å². The number of nitrogens with zero attached hydrogens (tertiary/aromatic N) is 3. The lowest BCUT2D eigenvalue weighted by atomic mass is 10.1. The lowest BCUT2D eigenvalue weighted by molar-refractivity contribution is 0.0265. The van der Waals surface area contributed by atoms with Crippen LogP contribution < -0.4 is 4.90 Å². The van der Waals surface area contributed by atoms with Gasteiger partial charge in [0.1, 0.15) is 0 Å². The topological polar surface area (TPSA) is 103 Å². The van der Waals surface area contributed by atoms with E-state index in [2.05, 4.69) is 10.1 Å². The minimum absolute atomic E-state index is 0.183. The minimum atomic E-state index is -0.739. The third kappa shape index (κ3) is 2.94. The fourth-order valence-corrected chi connectivity index (χ4v) is 2.95. The number of imide groups is 1. The summed E-state index contributed by atoms with van der Waals surface area (Å²) in [5.74, 6) is -0.878. The number of hydrogen-bond donors (Lipinski definition) is 0. The van der Waals surface area contributed by atoms with E-state index in [4.69, 9.17) is 9.26 Å². The van der Waals surface area contributed by atoms with Crippen LogP contribution >= 0.6 is 0 Å². The maximum Gasteiger partial charge on any atom is 0.338 e. The van der Waals surface area contributed by atoms with Crippen molar-refractivity contribution in [1.82, 2.24) is 10.1 Å². The molecule has 0 bridgehead atoms. The first-order valence-corrected chi connectivity index (χ1v) is 8.55. The van der Waals surface area contributed by atoms with Crippen molar-refractivity contribution >= 4 is 23.5 Å². The Morgan fingerprint density at radius 2 is 1.75 bits per heavy atom. The van der Waals surface area contributed by atoms with Gasteiger partial charge in [0.25, 0.3) is 17.7 Å². The fourth-order valence-electron chi connectivity index (χ4n) is 2.95. The van der Waals surface area contributed by atoms with Gasteiger partial charge >= 0.3 is 5.97 Å². The molecule has 3 aromatic rings. The molecule has 0 aliphatic carbocycles. The van der Waals surface area contributed by atoms with Crippen molar-refractivity contribution in [3.63, 3.8) is 0 Å². The maximum atomic E-state index is 12.6. The number of amides is 2. The summed E-state index contributed by atoms with van der Waals surface area (Å²) < 4.78 is 10.3. The third-order valence-corrected chi connectivity index (χ3v) is 4.31. The van der Waals surface area contributed by atoms with Crippen LogP contribution in [0.1, 0.15) is 55.8 Å². The van der Waals surface area contributed by atoms with Crippen LogP contribution in [0, 0.1) is 6.92 Å². The molecule has 8 nitrogen and oxygen atoms in total. The quantitative estimate of drug-likeness (QED) is 0.508. The van der Waals surface area contributed by atoms with Gasteiger partial charge in [-0.05, 0) is 44.2 Å². The summed E-state index contributed by atoms with van der Waals surface area (Å²) in [6.45, 7) is 3.27. The Hall–Kier alpha value is -3.81. The first-order chi connectivity index (χ1) is 13.5. The van der Waals surface area contributed by atoms with Gasteiger partial charge in [0.05, 0.1) is 22.4 Å². The summed E-state index contributed by atoms with van der Waals surface area (Å²) in [4.78, 5) is 42.8. The molecule has 2 amide bonds. The average Bonchev–Trinajstić information content (AvgIpc) is 3.24. The van der Waals surface area contributed by atoms with Crippen molar-refractivity contribution in [3.8, 4) is 0 Å². The predicted molar refractivity (Wildman–Crippen MR) is 96.9 cm³/mol. The van der Waals surface area contributed by atoms with Crippen LogP contribution in [0.2, 0.25) is 0 Å². The van der Waals surface area contributed by atoms with Gasteiger partial charge in [0, 0.05) is 0 Å². The molecule has 1 aromatic heterocycles. The Balaban J connectivity index is 1.58. The standard InChI is InChI=1S/C20H15N3O5/c1-11(17-21-12(2)22-28-17)27-20(26)13-6-5-7-14(10-13)23-18(24)15-8-3-4-9-16(15)19(23)25/h3-11H,1-2H3. The normalized spacial score (nSPS) is 14.1. The molecule has 0 saturated heterocycles. The predicted octanol–water partition coefficient (Wildman–Crippen LogP) is 3.10. The maximum absolute atomic E-state index is 12.6. The molecule has 1 aliphatic heterocycles. The summed E-state index contributed by atoms with van der Waals surface area (Å²) in [6, 6.07) is 12.7. The summed E-state index contributed by atoms with van der Waals surface area (Å²) in [6.07, 6.45) is -0.739. The van der Waals surface area contributed by atoms with Crippen molar-refractivity contribution in [2.24, 2.45) is 0 Å². The molecular weight excluding hydrogens is 362 g/mol. The van der Waals surface area contributed by atoms with Crippen molar-refractivity contribution in [1.29, 1.82) is 0 Å². The number of hydrogen-bond acceptors (Lipinski definition) is 7. The van der Waals surface area contributed by atoms with E-state index in [1.54, 1.807) is 50.2 Å². The van der Waals surface area contributed by atoms with Gasteiger partial charge in [-0.3, -0.25) is 9.59 Å². The molecule has 0 fully saturated rings. The molecule has 0 saturated carbocycles. The SMILES string of the molecule is Cc1noc(C(C)OC(=O)c2cccc(N3C(=O)c4ccccc4C3=O)c2)n1. The number of carbonyl (C=O) groups is 3. The highest BCUT2D eigenvalue weighted by molar-refractivity contribution is 6.34. The Kier molecular flexibility index (Phi) is 4.23. The molecule has 0 spiro atoms. The Morgan fingerprint density at radius 1 is 1.07 bits per heavy atom. The zero-order chi connectivity index (χ0) is 19.8. The molecule has 2 heterocycles. The van der Waals surface area contributed by atoms with E-state index in [0.717, 1.165) is 4.90 Å². The van der Waals surface area contributed by atoms with E-state index >= 15 is 0 Å². The number of fused-ring (bicyclic) bond motifs is 1. The Bertz CT molecular complexity index is 1070. The number of anilines is 1. The van der Waals surface area contributed by atoms with E-state index in [-0.39, 0.29) is 11.5 Å². The number of rotatable bonds is 4. The lowest BCUT2D eigenvalue weighted by Gasteiger charge is -2.15. The second kappa shape index (κ2) is 6.73. The van der Waals surface area contributed by atoms with Crippen LogP contribution in [0.4, 0.5) is 5.69 Å². The Morgan fingerprint density at radius 3 is 2.36 bits per heavy atom. The van der Waals surface area contributed by atoms with Gasteiger partial charge in [-0.2, -0.15) is 4.98 Å². The highest BCUT2D eigenvalue weighted by Crippen LogP contribution is 2.29. The highest BCUT2D eigenvalue weighted by Gasteiger charge is 2.36. The van der Waals surface area contributed by atoms with Crippen LogP contribution in [0.25, 0.3) is 0 Å². The molecule has 0 N–H and O–H groups in total. The lowest BCUT2D eigenvalue weighted by Crippen LogP contribution is -2.29. The zero-order valence-corrected chi connectivity index (χ0v) is 15.1. The monoisotopic (exact) mass is 377 g/mol. The van der Waals surface area contributed by atoms with Gasteiger partial charge in [-0.25, -0.2) is 9.69 Å². The highest BCUT2D eigenvalue weighted by atomic mass is 16.6. The number of aromatic nitrogens is 2. The van der Waals surface area contributed by atoms with Gasteiger partial charge < -0.3 is 9.26 Å². The number of esters is 1. The fraction of sp³-hybridized carbons (Fsp3) is 0.150. The number of aryl methyl sites for hydroxylation is 1. The summed E-state index contributed by atoms with van der Waals surface area (Å²) in [5.41, 5.74) is 1.15. The van der Waals surface area contributed by atoms with Crippen LogP contribution in [0.15, 0.2) is 53.1 Å². The number of benzene rings is 2. The van der Waals surface area contributed by atoms with E-state index in [1.807, 2.05) is 0 Å². The second-order valence-corrected chi connectivity index (χ2v) is 6.27. The van der Waals surface area contributed by atoms with Crippen LogP contribution in [-0.4, -0.2) is 27.9 Å². The summed E-state index contributed by atoms with van der Waals surface area (Å²) in [5, 5.41) is 3.66. The molecule has 1 atom stereocenters. The third-order valence-electron chi connectivity index (χ3n) is 4.31. The molecule has 8 heteroatoms. The van der Waals surface area contributed by atoms with Crippen molar-refractivity contribution in [3.05, 3.63) is 76.9 Å². The minimum Gasteiger partial charge on any atom is -0.449 e. The summed E-state index contributed by atoms with van der Waals surface area (Å²) in [7, 11) is 0. The molecule has 28 heavy (non-hydrogen) atoms. The van der Waals surface area contributed by atoms with E-state index in [0.29, 0.717) is 22.6 Å². The van der Waals surface area contributed by atoms with Crippen LogP contribution in [0.3, 0.4) is 0 Å². The van der Waals surface area contributed by atoms with Crippen molar-refractivity contribution < 1.29 is 23.6 Å². The van der Waals surface area contributed by atoms with Gasteiger partial charge in [-0.1, -0.05) is 23.4 Å². The second-order valence-electron chi connectivity index (χ2n) is 6.27. The van der Waals surface area contributed by atoms with E-state index in [9.17, 15) is 14.4 Å². The molecule has 2 aromatic carbocycles. The largest absolute Gasteiger partial charge is 0.449 e. The zero-order valence-electron chi connectivity index (χ0n) is 15.1. The number of ether oxygens (including phenoxy) is 1. The van der Waals surface area contributed by atoms with Crippen LogP contribution in [0.5, 0.6) is 0 Å². The van der Waals surface area contributed by atoms with Crippen molar-refractivity contribution in [2.75, 3.05) is 4.90 Å². The van der Waals surface area contributed by atoms with E-state index in [1.165, 1.54) is 12.1 Å². The first-order valence-electron chi connectivity index (χ1n) is 8.55. The van der Waals surface area contributed by atoms with Gasteiger partial charge in [-0.15, -0.1) is 0 Å². The van der Waals surface area contributed by atoms with E-state index < -0.39 is 23.9 Å². The van der Waals surface area contributed by atoms with Crippen LogP contribution in [-0.2, 0) is 4.74 Å². The first kappa shape index (κ1) is 17.6. The molecule has 140 valence electrons. The molecular formula is C20H15N3O5. The molecule has 0 radical (unpaired) electrons. The smallest absolute Gasteiger partial charge is 0.338 e. The van der Waals surface area contributed by atoms with Gasteiger partial charge in [0.15, 0.2) is 11.9 Å². The average molecular weight is 377 g/mol. The van der Waals surface area contributed by atoms with Gasteiger partial charge in [0.2, 0.25) is 0 Å². The molecule has 1 unspecified atom stereocenters. The molecule has 4 rings (SSSR count). The number of carbonyl (C=O) groups excluding carboxylic acids is 3. The van der Waals surface area contributed by atoms with Crippen molar-refractivity contribution in [2.45, 2.75) is 20.0 Å². The summed E-state index contributed by atoms with van der Waals surface area (Å²) >= 11 is 0. The molecule has 1 aliphatic rings.